The third-order valence-electron chi connectivity index (χ3n) is 4.76. The average molecular weight is 397 g/mol. The van der Waals surface area contributed by atoms with E-state index in [0.717, 1.165) is 10.9 Å². The molecule has 0 aliphatic rings. The SMILES string of the molecule is Cc1cnc(-c2cccc(Nc3nccc4c(N)c(C)ccc34)c2C(F)(F)F)[nH]1. The lowest BCUT2D eigenvalue weighted by atomic mass is 10.0. The van der Waals surface area contributed by atoms with Crippen molar-refractivity contribution in [2.75, 3.05) is 11.1 Å². The van der Waals surface area contributed by atoms with Crippen molar-refractivity contribution in [3.63, 3.8) is 0 Å². The Morgan fingerprint density at radius 3 is 2.48 bits per heavy atom. The molecule has 0 aliphatic heterocycles. The molecule has 0 bridgehead atoms. The molecule has 148 valence electrons. The third kappa shape index (κ3) is 3.37. The molecule has 0 fully saturated rings. The summed E-state index contributed by atoms with van der Waals surface area (Å²) in [5.74, 6) is 0.455. The van der Waals surface area contributed by atoms with Crippen LogP contribution in [0, 0.1) is 13.8 Å². The molecule has 2 aromatic carbocycles. The van der Waals surface area contributed by atoms with Crippen LogP contribution in [-0.4, -0.2) is 15.0 Å². The highest BCUT2D eigenvalue weighted by Gasteiger charge is 2.37. The zero-order chi connectivity index (χ0) is 20.8. The Hall–Kier alpha value is -3.55. The number of pyridine rings is 1. The van der Waals surface area contributed by atoms with Crippen molar-refractivity contribution >= 4 is 28.0 Å². The first-order valence-corrected chi connectivity index (χ1v) is 8.88. The van der Waals surface area contributed by atoms with Gasteiger partial charge in [0.15, 0.2) is 0 Å². The zero-order valence-corrected chi connectivity index (χ0v) is 15.7. The van der Waals surface area contributed by atoms with Crippen LogP contribution in [0.15, 0.2) is 48.8 Å². The van der Waals surface area contributed by atoms with Crippen LogP contribution in [0.3, 0.4) is 0 Å². The molecule has 4 aromatic rings. The molecular formula is C21H18F3N5. The number of nitrogens with zero attached hydrogens (tertiary/aromatic N) is 2. The topological polar surface area (TPSA) is 79.6 Å². The fraction of sp³-hybridized carbons (Fsp3) is 0.143. The molecule has 2 aromatic heterocycles. The lowest BCUT2D eigenvalue weighted by Gasteiger charge is -2.18. The standard InChI is InChI=1S/C21H18F3N5/c1-11-6-7-14-13(18(11)25)8-9-26-19(14)29-16-5-3-4-15(17(16)21(22,23)24)20-27-10-12(2)28-20/h3-10H,25H2,1-2H3,(H,26,29)(H,27,28). The molecule has 0 saturated carbocycles. The Morgan fingerprint density at radius 2 is 1.79 bits per heavy atom. The summed E-state index contributed by atoms with van der Waals surface area (Å²) in [6.45, 7) is 3.61. The monoisotopic (exact) mass is 397 g/mol. The number of nitrogens with two attached hydrogens (primary N) is 1. The maximum Gasteiger partial charge on any atom is 0.419 e. The smallest absolute Gasteiger partial charge is 0.398 e. The molecular weight excluding hydrogens is 379 g/mol. The molecule has 5 nitrogen and oxygen atoms in total. The molecule has 4 N–H and O–H groups in total. The number of benzene rings is 2. The Labute approximate surface area is 164 Å². The van der Waals surface area contributed by atoms with Gasteiger partial charge in [-0.15, -0.1) is 0 Å². The minimum absolute atomic E-state index is 0.0359. The molecule has 0 spiro atoms. The number of rotatable bonds is 3. The van der Waals surface area contributed by atoms with E-state index in [-0.39, 0.29) is 17.1 Å². The van der Waals surface area contributed by atoms with E-state index in [1.807, 2.05) is 13.0 Å². The van der Waals surface area contributed by atoms with Gasteiger partial charge in [-0.3, -0.25) is 0 Å². The zero-order valence-electron chi connectivity index (χ0n) is 15.7. The van der Waals surface area contributed by atoms with Gasteiger partial charge in [-0.2, -0.15) is 13.2 Å². The van der Waals surface area contributed by atoms with Crippen LogP contribution in [0.2, 0.25) is 0 Å². The van der Waals surface area contributed by atoms with Crippen molar-refractivity contribution in [2.24, 2.45) is 0 Å². The van der Waals surface area contributed by atoms with E-state index in [1.165, 1.54) is 24.5 Å². The predicted molar refractivity (Wildman–Crippen MR) is 108 cm³/mol. The minimum Gasteiger partial charge on any atom is -0.398 e. The summed E-state index contributed by atoms with van der Waals surface area (Å²) < 4.78 is 42.0. The van der Waals surface area contributed by atoms with Gasteiger partial charge in [-0.05, 0) is 31.5 Å². The summed E-state index contributed by atoms with van der Waals surface area (Å²) >= 11 is 0. The fourth-order valence-corrected chi connectivity index (χ4v) is 3.32. The number of hydrogen-bond donors (Lipinski definition) is 3. The Bertz CT molecular complexity index is 1210. The number of aryl methyl sites for hydroxylation is 2. The lowest BCUT2D eigenvalue weighted by molar-refractivity contribution is -0.136. The number of imidazole rings is 1. The first-order valence-electron chi connectivity index (χ1n) is 8.88. The van der Waals surface area contributed by atoms with E-state index < -0.39 is 11.7 Å². The summed E-state index contributed by atoms with van der Waals surface area (Å²) in [5.41, 5.74) is 7.31. The molecule has 2 heterocycles. The number of fused-ring (bicyclic) bond motifs is 1. The molecule has 29 heavy (non-hydrogen) atoms. The van der Waals surface area contributed by atoms with Crippen molar-refractivity contribution in [2.45, 2.75) is 20.0 Å². The van der Waals surface area contributed by atoms with Crippen molar-refractivity contribution in [1.29, 1.82) is 0 Å². The van der Waals surface area contributed by atoms with Crippen molar-refractivity contribution in [1.82, 2.24) is 15.0 Å². The van der Waals surface area contributed by atoms with Gasteiger partial charge in [-0.25, -0.2) is 9.97 Å². The minimum atomic E-state index is -4.60. The molecule has 0 amide bonds. The molecule has 0 atom stereocenters. The molecule has 0 saturated heterocycles. The molecule has 8 heteroatoms. The quantitative estimate of drug-likeness (QED) is 0.394. The summed E-state index contributed by atoms with van der Waals surface area (Å²) in [6, 6.07) is 9.68. The average Bonchev–Trinajstić information content (AvgIpc) is 3.10. The van der Waals surface area contributed by atoms with Crippen molar-refractivity contribution in [3.05, 3.63) is 65.6 Å². The normalized spacial score (nSPS) is 11.8. The van der Waals surface area contributed by atoms with Crippen LogP contribution >= 0.6 is 0 Å². The molecule has 0 aliphatic carbocycles. The third-order valence-corrected chi connectivity index (χ3v) is 4.76. The number of H-pyrrole nitrogens is 1. The first-order chi connectivity index (χ1) is 13.8. The van der Waals surface area contributed by atoms with Crippen LogP contribution in [0.4, 0.5) is 30.4 Å². The lowest BCUT2D eigenvalue weighted by Crippen LogP contribution is -2.12. The Balaban J connectivity index is 1.89. The number of aromatic amines is 1. The highest BCUT2D eigenvalue weighted by Crippen LogP contribution is 2.42. The summed E-state index contributed by atoms with van der Waals surface area (Å²) in [5, 5.41) is 4.23. The summed E-state index contributed by atoms with van der Waals surface area (Å²) in [6.07, 6.45) is -1.58. The van der Waals surface area contributed by atoms with Gasteiger partial charge in [0.1, 0.15) is 11.6 Å². The number of halogens is 3. The van der Waals surface area contributed by atoms with Crippen LogP contribution in [-0.2, 0) is 6.18 Å². The highest BCUT2D eigenvalue weighted by molar-refractivity contribution is 6.01. The van der Waals surface area contributed by atoms with Crippen molar-refractivity contribution in [3.8, 4) is 11.4 Å². The second-order valence-electron chi connectivity index (χ2n) is 6.82. The maximum absolute atomic E-state index is 14.0. The maximum atomic E-state index is 14.0. The predicted octanol–water partition coefficient (Wildman–Crippen LogP) is 5.59. The van der Waals surface area contributed by atoms with E-state index in [1.54, 1.807) is 25.1 Å². The fourth-order valence-electron chi connectivity index (χ4n) is 3.32. The van der Waals surface area contributed by atoms with Gasteiger partial charge in [0, 0.05) is 40.1 Å². The van der Waals surface area contributed by atoms with E-state index in [4.69, 9.17) is 5.73 Å². The van der Waals surface area contributed by atoms with E-state index in [0.29, 0.717) is 22.6 Å². The van der Waals surface area contributed by atoms with Crippen LogP contribution in [0.5, 0.6) is 0 Å². The number of nitrogen functional groups attached to an aromatic ring is 1. The van der Waals surface area contributed by atoms with Crippen LogP contribution in [0.25, 0.3) is 22.2 Å². The summed E-state index contributed by atoms with van der Waals surface area (Å²) in [4.78, 5) is 11.2. The second kappa shape index (κ2) is 6.80. The van der Waals surface area contributed by atoms with Gasteiger partial charge in [0.2, 0.25) is 0 Å². The molecule has 4 rings (SSSR count). The summed E-state index contributed by atoms with van der Waals surface area (Å²) in [7, 11) is 0. The number of anilines is 3. The van der Waals surface area contributed by atoms with E-state index in [2.05, 4.69) is 20.3 Å². The van der Waals surface area contributed by atoms with Crippen molar-refractivity contribution < 1.29 is 13.2 Å². The largest absolute Gasteiger partial charge is 0.419 e. The molecule has 0 unspecified atom stereocenters. The van der Waals surface area contributed by atoms with Gasteiger partial charge in [0.25, 0.3) is 0 Å². The van der Waals surface area contributed by atoms with Gasteiger partial charge >= 0.3 is 6.18 Å². The van der Waals surface area contributed by atoms with Gasteiger partial charge in [0.05, 0.1) is 11.3 Å². The number of aromatic nitrogens is 3. The van der Waals surface area contributed by atoms with E-state index in [9.17, 15) is 13.2 Å². The van der Waals surface area contributed by atoms with E-state index >= 15 is 0 Å². The number of alkyl halides is 3. The number of hydrogen-bond acceptors (Lipinski definition) is 4. The molecule has 0 radical (unpaired) electrons. The highest BCUT2D eigenvalue weighted by atomic mass is 19.4. The Kier molecular flexibility index (Phi) is 4.41. The van der Waals surface area contributed by atoms with Crippen LogP contribution in [0.1, 0.15) is 16.8 Å². The number of nitrogens with one attached hydrogen (secondary N) is 2. The van der Waals surface area contributed by atoms with Gasteiger partial charge < -0.3 is 16.0 Å². The van der Waals surface area contributed by atoms with Crippen LogP contribution < -0.4 is 11.1 Å². The van der Waals surface area contributed by atoms with Gasteiger partial charge in [-0.1, -0.05) is 24.3 Å². The first kappa shape index (κ1) is 18.8. The Morgan fingerprint density at radius 1 is 1.00 bits per heavy atom. The second-order valence-corrected chi connectivity index (χ2v) is 6.82.